The van der Waals surface area contributed by atoms with Crippen LogP contribution in [0.5, 0.6) is 0 Å². The first-order chi connectivity index (χ1) is 12.3. The zero-order valence-electron chi connectivity index (χ0n) is 14.6. The summed E-state index contributed by atoms with van der Waals surface area (Å²) in [6.45, 7) is 2.11. The number of anilines is 1. The number of aromatic nitrogens is 1. The fourth-order valence-corrected chi connectivity index (χ4v) is 2.64. The second-order valence-electron chi connectivity index (χ2n) is 5.91. The summed E-state index contributed by atoms with van der Waals surface area (Å²) < 4.78 is 0. The van der Waals surface area contributed by atoms with E-state index in [-0.39, 0.29) is 0 Å². The third kappa shape index (κ3) is 4.45. The summed E-state index contributed by atoms with van der Waals surface area (Å²) in [6, 6.07) is 21.1. The molecule has 0 fully saturated rings. The summed E-state index contributed by atoms with van der Waals surface area (Å²) in [6.07, 6.45) is 10.0. The number of hydrogen-bond donors (Lipinski definition) is 1. The molecule has 0 aliphatic carbocycles. The van der Waals surface area contributed by atoms with Crippen LogP contribution in [0.4, 0.5) is 5.69 Å². The predicted octanol–water partition coefficient (Wildman–Crippen LogP) is 5.58. The van der Waals surface area contributed by atoms with E-state index in [1.54, 1.807) is 0 Å². The molecule has 124 valence electrons. The predicted molar refractivity (Wildman–Crippen MR) is 108 cm³/mol. The minimum Gasteiger partial charge on any atom is -0.388 e. The van der Waals surface area contributed by atoms with Crippen LogP contribution in [0.3, 0.4) is 0 Å². The van der Waals surface area contributed by atoms with E-state index in [1.165, 1.54) is 22.3 Å². The van der Waals surface area contributed by atoms with Crippen molar-refractivity contribution in [3.63, 3.8) is 0 Å². The van der Waals surface area contributed by atoms with Gasteiger partial charge in [0, 0.05) is 25.1 Å². The second-order valence-corrected chi connectivity index (χ2v) is 5.91. The molecule has 0 atom stereocenters. The molecule has 3 rings (SSSR count). The van der Waals surface area contributed by atoms with Gasteiger partial charge in [0.2, 0.25) is 0 Å². The van der Waals surface area contributed by atoms with E-state index in [0.29, 0.717) is 0 Å². The van der Waals surface area contributed by atoms with Gasteiger partial charge in [-0.05, 0) is 53.5 Å². The molecule has 2 nitrogen and oxygen atoms in total. The third-order valence-corrected chi connectivity index (χ3v) is 4.10. The van der Waals surface area contributed by atoms with Gasteiger partial charge < -0.3 is 5.32 Å². The van der Waals surface area contributed by atoms with Crippen LogP contribution in [0.1, 0.15) is 22.3 Å². The normalized spacial score (nSPS) is 11.7. The quantitative estimate of drug-likeness (QED) is 0.619. The standard InChI is InChI=1S/C23H22N2/c1-18-6-10-20(11-7-18)23(21-14-16-25-17-15-21)5-3-4-19-8-12-22(24-2)13-9-19/h3-17,24H,1-2H3/b4-3+,23-5-. The molecule has 0 aliphatic rings. The molecule has 0 saturated heterocycles. The lowest BCUT2D eigenvalue weighted by Crippen LogP contribution is -1.88. The van der Waals surface area contributed by atoms with Gasteiger partial charge in [-0.15, -0.1) is 0 Å². The molecule has 3 aromatic rings. The number of hydrogen-bond acceptors (Lipinski definition) is 2. The second kappa shape index (κ2) is 8.11. The molecule has 0 bridgehead atoms. The zero-order chi connectivity index (χ0) is 17.5. The van der Waals surface area contributed by atoms with Gasteiger partial charge in [0.15, 0.2) is 0 Å². The summed E-state index contributed by atoms with van der Waals surface area (Å²) in [5, 5.41) is 3.13. The smallest absolute Gasteiger partial charge is 0.0337 e. The molecule has 0 amide bonds. The van der Waals surface area contributed by atoms with Crippen molar-refractivity contribution in [3.05, 3.63) is 107 Å². The third-order valence-electron chi connectivity index (χ3n) is 4.10. The molecular weight excluding hydrogens is 304 g/mol. The van der Waals surface area contributed by atoms with Gasteiger partial charge in [-0.25, -0.2) is 0 Å². The van der Waals surface area contributed by atoms with Crippen LogP contribution in [0.25, 0.3) is 11.6 Å². The first-order valence-corrected chi connectivity index (χ1v) is 8.40. The molecule has 0 aliphatic heterocycles. The highest BCUT2D eigenvalue weighted by atomic mass is 14.8. The Balaban J connectivity index is 1.91. The average Bonchev–Trinajstić information content (AvgIpc) is 2.67. The molecule has 0 spiro atoms. The maximum Gasteiger partial charge on any atom is 0.0337 e. The lowest BCUT2D eigenvalue weighted by atomic mass is 9.97. The van der Waals surface area contributed by atoms with Crippen LogP contribution in [-0.4, -0.2) is 12.0 Å². The van der Waals surface area contributed by atoms with E-state index in [0.717, 1.165) is 11.3 Å². The van der Waals surface area contributed by atoms with Crippen molar-refractivity contribution < 1.29 is 0 Å². The molecule has 1 N–H and O–H groups in total. The SMILES string of the molecule is CNc1ccc(/C=C/C=C(\c2ccncc2)c2ccc(C)cc2)cc1. The summed E-state index contributed by atoms with van der Waals surface area (Å²) in [5.74, 6) is 0. The van der Waals surface area contributed by atoms with Crippen LogP contribution in [0.2, 0.25) is 0 Å². The number of allylic oxidation sites excluding steroid dienone is 2. The van der Waals surface area contributed by atoms with Crippen LogP contribution in [0.15, 0.2) is 85.2 Å². The van der Waals surface area contributed by atoms with Crippen molar-refractivity contribution in [1.29, 1.82) is 0 Å². The van der Waals surface area contributed by atoms with Crippen molar-refractivity contribution >= 4 is 17.3 Å². The van der Waals surface area contributed by atoms with Crippen LogP contribution in [-0.2, 0) is 0 Å². The number of nitrogens with zero attached hydrogens (tertiary/aromatic N) is 1. The zero-order valence-corrected chi connectivity index (χ0v) is 14.6. The van der Waals surface area contributed by atoms with E-state index >= 15 is 0 Å². The maximum absolute atomic E-state index is 4.13. The highest BCUT2D eigenvalue weighted by molar-refractivity contribution is 5.81. The van der Waals surface area contributed by atoms with E-state index in [9.17, 15) is 0 Å². The number of pyridine rings is 1. The van der Waals surface area contributed by atoms with Gasteiger partial charge >= 0.3 is 0 Å². The molecule has 1 heterocycles. The highest BCUT2D eigenvalue weighted by Gasteiger charge is 2.03. The van der Waals surface area contributed by atoms with Gasteiger partial charge in [0.05, 0.1) is 0 Å². The largest absolute Gasteiger partial charge is 0.388 e. The van der Waals surface area contributed by atoms with Crippen molar-refractivity contribution in [1.82, 2.24) is 4.98 Å². The number of benzene rings is 2. The molecule has 1 aromatic heterocycles. The molecule has 25 heavy (non-hydrogen) atoms. The van der Waals surface area contributed by atoms with Crippen LogP contribution >= 0.6 is 0 Å². The maximum atomic E-state index is 4.13. The van der Waals surface area contributed by atoms with Crippen LogP contribution in [0, 0.1) is 6.92 Å². The van der Waals surface area contributed by atoms with Crippen LogP contribution < -0.4 is 5.32 Å². The number of rotatable bonds is 5. The van der Waals surface area contributed by atoms with Crippen molar-refractivity contribution in [3.8, 4) is 0 Å². The monoisotopic (exact) mass is 326 g/mol. The Hall–Kier alpha value is -3.13. The van der Waals surface area contributed by atoms with E-state index < -0.39 is 0 Å². The van der Waals surface area contributed by atoms with E-state index in [4.69, 9.17) is 0 Å². The summed E-state index contributed by atoms with van der Waals surface area (Å²) >= 11 is 0. The molecular formula is C23H22N2. The number of aryl methyl sites for hydroxylation is 1. The molecule has 0 saturated carbocycles. The Labute approximate surface area is 149 Å². The van der Waals surface area contributed by atoms with Gasteiger partial charge in [0.1, 0.15) is 0 Å². The average molecular weight is 326 g/mol. The molecule has 2 aromatic carbocycles. The van der Waals surface area contributed by atoms with Crippen molar-refractivity contribution in [2.24, 2.45) is 0 Å². The van der Waals surface area contributed by atoms with E-state index in [2.05, 4.69) is 84.0 Å². The van der Waals surface area contributed by atoms with Gasteiger partial charge in [-0.2, -0.15) is 0 Å². The Bertz CT molecular complexity index is 858. The van der Waals surface area contributed by atoms with E-state index in [1.807, 2.05) is 31.6 Å². The first kappa shape index (κ1) is 16.7. The van der Waals surface area contributed by atoms with Crippen molar-refractivity contribution in [2.45, 2.75) is 6.92 Å². The Morgan fingerprint density at radius 2 is 1.48 bits per heavy atom. The minimum absolute atomic E-state index is 1.12. The highest BCUT2D eigenvalue weighted by Crippen LogP contribution is 2.23. The Morgan fingerprint density at radius 3 is 2.12 bits per heavy atom. The summed E-state index contributed by atoms with van der Waals surface area (Å²) in [5.41, 5.74) is 7.10. The Kier molecular flexibility index (Phi) is 5.43. The van der Waals surface area contributed by atoms with Gasteiger partial charge in [0.25, 0.3) is 0 Å². The first-order valence-electron chi connectivity index (χ1n) is 8.40. The molecule has 0 radical (unpaired) electrons. The number of nitrogens with one attached hydrogen (secondary N) is 1. The fraction of sp³-hybridized carbons (Fsp3) is 0.0870. The fourth-order valence-electron chi connectivity index (χ4n) is 2.64. The molecule has 2 heteroatoms. The van der Waals surface area contributed by atoms with Crippen molar-refractivity contribution in [2.75, 3.05) is 12.4 Å². The van der Waals surface area contributed by atoms with Gasteiger partial charge in [-0.3, -0.25) is 4.98 Å². The minimum atomic E-state index is 1.12. The molecule has 0 unspecified atom stereocenters. The lowest BCUT2D eigenvalue weighted by Gasteiger charge is -2.08. The lowest BCUT2D eigenvalue weighted by molar-refractivity contribution is 1.31. The van der Waals surface area contributed by atoms with Gasteiger partial charge in [-0.1, -0.05) is 60.2 Å². The Morgan fingerprint density at radius 1 is 0.840 bits per heavy atom. The summed E-state index contributed by atoms with van der Waals surface area (Å²) in [7, 11) is 1.93. The summed E-state index contributed by atoms with van der Waals surface area (Å²) in [4.78, 5) is 4.13. The topological polar surface area (TPSA) is 24.9 Å².